The SMILES string of the molecule is Cc1cc(C)c(S(=O)(=O)N(C)CC(=O)NC(C)c2ccc(Cl)cc2)c(C)c1. The molecule has 0 radical (unpaired) electrons. The molecule has 5 nitrogen and oxygen atoms in total. The van der Waals surface area contributed by atoms with E-state index in [0.717, 1.165) is 15.4 Å². The standard InChI is InChI=1S/C20H25ClN2O3S/c1-13-10-14(2)20(15(3)11-13)27(25,26)23(5)12-19(24)22-16(4)17-6-8-18(21)9-7-17/h6-11,16H,12H2,1-5H3,(H,22,24). The van der Waals surface area contributed by atoms with Crippen LogP contribution in [0.25, 0.3) is 0 Å². The lowest BCUT2D eigenvalue weighted by Crippen LogP contribution is -2.39. The Morgan fingerprint density at radius 3 is 2.15 bits per heavy atom. The zero-order valence-corrected chi connectivity index (χ0v) is 17.8. The molecule has 0 bridgehead atoms. The van der Waals surface area contributed by atoms with Gasteiger partial charge in [0.2, 0.25) is 15.9 Å². The van der Waals surface area contributed by atoms with Crippen molar-refractivity contribution in [3.05, 3.63) is 63.7 Å². The summed E-state index contributed by atoms with van der Waals surface area (Å²) in [6.45, 7) is 7.04. The van der Waals surface area contributed by atoms with Crippen molar-refractivity contribution in [3.63, 3.8) is 0 Å². The highest BCUT2D eigenvalue weighted by molar-refractivity contribution is 7.89. The minimum absolute atomic E-state index is 0.256. The Bertz CT molecular complexity index is 917. The van der Waals surface area contributed by atoms with Gasteiger partial charge in [-0.3, -0.25) is 4.79 Å². The minimum Gasteiger partial charge on any atom is -0.348 e. The van der Waals surface area contributed by atoms with Crippen molar-refractivity contribution < 1.29 is 13.2 Å². The predicted molar refractivity (Wildman–Crippen MR) is 108 cm³/mol. The molecule has 1 amide bonds. The third-order valence-corrected chi connectivity index (χ3v) is 6.75. The maximum atomic E-state index is 12.9. The van der Waals surface area contributed by atoms with Crippen LogP contribution < -0.4 is 5.32 Å². The molecule has 0 aliphatic carbocycles. The lowest BCUT2D eigenvalue weighted by Gasteiger charge is -2.21. The second-order valence-corrected chi connectivity index (χ2v) is 9.25. The first-order chi connectivity index (χ1) is 12.5. The second-order valence-electron chi connectivity index (χ2n) is 6.83. The van der Waals surface area contributed by atoms with E-state index in [2.05, 4.69) is 5.32 Å². The summed E-state index contributed by atoms with van der Waals surface area (Å²) in [7, 11) is -2.35. The molecule has 1 atom stereocenters. The van der Waals surface area contributed by atoms with Crippen molar-refractivity contribution in [1.29, 1.82) is 0 Å². The van der Waals surface area contributed by atoms with E-state index in [0.29, 0.717) is 16.1 Å². The predicted octanol–water partition coefficient (Wildman–Crippen LogP) is 3.76. The van der Waals surface area contributed by atoms with E-state index in [1.807, 2.05) is 38.1 Å². The average molecular weight is 409 g/mol. The number of nitrogens with one attached hydrogen (secondary N) is 1. The molecule has 0 fully saturated rings. The topological polar surface area (TPSA) is 66.5 Å². The Hall–Kier alpha value is -1.89. The first kappa shape index (κ1) is 21.4. The van der Waals surface area contributed by atoms with Gasteiger partial charge in [0.05, 0.1) is 17.5 Å². The van der Waals surface area contributed by atoms with E-state index < -0.39 is 10.0 Å². The number of amides is 1. The number of likely N-dealkylation sites (N-methyl/N-ethyl adjacent to an activating group) is 1. The highest BCUT2D eigenvalue weighted by atomic mass is 35.5. The Kier molecular flexibility index (Phi) is 6.68. The third-order valence-electron chi connectivity index (χ3n) is 4.39. The molecule has 0 spiro atoms. The molecule has 0 saturated heterocycles. The number of carbonyl (C=O) groups excluding carboxylic acids is 1. The van der Waals surface area contributed by atoms with Gasteiger partial charge in [-0.15, -0.1) is 0 Å². The van der Waals surface area contributed by atoms with Crippen LogP contribution in [0.15, 0.2) is 41.3 Å². The minimum atomic E-state index is -3.76. The molecular formula is C20H25ClN2O3S. The Balaban J connectivity index is 2.12. The number of rotatable bonds is 6. The highest BCUT2D eigenvalue weighted by Crippen LogP contribution is 2.24. The van der Waals surface area contributed by atoms with Gasteiger partial charge in [-0.2, -0.15) is 4.31 Å². The van der Waals surface area contributed by atoms with E-state index in [4.69, 9.17) is 11.6 Å². The third kappa shape index (κ3) is 5.09. The summed E-state index contributed by atoms with van der Waals surface area (Å²) in [4.78, 5) is 12.6. The van der Waals surface area contributed by atoms with Crippen LogP contribution in [0.3, 0.4) is 0 Å². The number of halogens is 1. The van der Waals surface area contributed by atoms with Gasteiger partial charge in [0.25, 0.3) is 0 Å². The van der Waals surface area contributed by atoms with Crippen molar-refractivity contribution in [2.24, 2.45) is 0 Å². The van der Waals surface area contributed by atoms with Crippen molar-refractivity contribution >= 4 is 27.5 Å². The molecular weight excluding hydrogens is 384 g/mol. The number of hydrogen-bond acceptors (Lipinski definition) is 3. The summed E-state index contributed by atoms with van der Waals surface area (Å²) in [5.74, 6) is -0.369. The summed E-state index contributed by atoms with van der Waals surface area (Å²) in [6, 6.07) is 10.6. The van der Waals surface area contributed by atoms with Crippen LogP contribution in [0.2, 0.25) is 5.02 Å². The fourth-order valence-electron chi connectivity index (χ4n) is 3.14. The zero-order chi connectivity index (χ0) is 20.4. The number of sulfonamides is 1. The summed E-state index contributed by atoms with van der Waals surface area (Å²) >= 11 is 5.87. The van der Waals surface area contributed by atoms with Crippen molar-refractivity contribution in [2.45, 2.75) is 38.6 Å². The van der Waals surface area contributed by atoms with E-state index >= 15 is 0 Å². The van der Waals surface area contributed by atoms with E-state index in [1.165, 1.54) is 7.05 Å². The molecule has 0 heterocycles. The molecule has 27 heavy (non-hydrogen) atoms. The van der Waals surface area contributed by atoms with Gasteiger partial charge in [0.1, 0.15) is 0 Å². The lowest BCUT2D eigenvalue weighted by molar-refractivity contribution is -0.121. The fourth-order valence-corrected chi connectivity index (χ4v) is 4.80. The number of nitrogens with zero attached hydrogens (tertiary/aromatic N) is 1. The van der Waals surface area contributed by atoms with Crippen LogP contribution in [0.1, 0.15) is 35.2 Å². The van der Waals surface area contributed by atoms with Gasteiger partial charge in [0.15, 0.2) is 0 Å². The summed E-state index contributed by atoms with van der Waals surface area (Å²) in [6.07, 6.45) is 0. The van der Waals surface area contributed by atoms with E-state index in [9.17, 15) is 13.2 Å². The van der Waals surface area contributed by atoms with E-state index in [1.54, 1.807) is 26.0 Å². The number of aryl methyl sites for hydroxylation is 3. The zero-order valence-electron chi connectivity index (χ0n) is 16.2. The molecule has 7 heteroatoms. The smallest absolute Gasteiger partial charge is 0.243 e. The summed E-state index contributed by atoms with van der Waals surface area (Å²) in [5, 5.41) is 3.44. The maximum absolute atomic E-state index is 12.9. The van der Waals surface area contributed by atoms with Gasteiger partial charge < -0.3 is 5.32 Å². The highest BCUT2D eigenvalue weighted by Gasteiger charge is 2.27. The van der Waals surface area contributed by atoms with Crippen LogP contribution in [0, 0.1) is 20.8 Å². The molecule has 146 valence electrons. The van der Waals surface area contributed by atoms with Crippen LogP contribution in [-0.4, -0.2) is 32.2 Å². The van der Waals surface area contributed by atoms with Crippen molar-refractivity contribution in [1.82, 2.24) is 9.62 Å². The van der Waals surface area contributed by atoms with Gasteiger partial charge in [0, 0.05) is 12.1 Å². The normalized spacial score (nSPS) is 12.9. The number of hydrogen-bond donors (Lipinski definition) is 1. The largest absolute Gasteiger partial charge is 0.348 e. The molecule has 0 saturated carbocycles. The number of benzene rings is 2. The van der Waals surface area contributed by atoms with Crippen LogP contribution in [-0.2, 0) is 14.8 Å². The molecule has 2 rings (SSSR count). The lowest BCUT2D eigenvalue weighted by atomic mass is 10.1. The van der Waals surface area contributed by atoms with Gasteiger partial charge >= 0.3 is 0 Å². The van der Waals surface area contributed by atoms with E-state index in [-0.39, 0.29) is 23.4 Å². The van der Waals surface area contributed by atoms with Gasteiger partial charge in [-0.05, 0) is 56.5 Å². The Morgan fingerprint density at radius 2 is 1.63 bits per heavy atom. The Labute approximate surface area is 166 Å². The summed E-state index contributed by atoms with van der Waals surface area (Å²) in [5.41, 5.74) is 3.24. The average Bonchev–Trinajstić information content (AvgIpc) is 2.53. The fraction of sp³-hybridized carbons (Fsp3) is 0.350. The quantitative estimate of drug-likeness (QED) is 0.791. The Morgan fingerprint density at radius 1 is 1.11 bits per heavy atom. The first-order valence-corrected chi connectivity index (χ1v) is 10.4. The van der Waals surface area contributed by atoms with Gasteiger partial charge in [-0.25, -0.2) is 8.42 Å². The molecule has 0 aromatic heterocycles. The number of carbonyl (C=O) groups is 1. The first-order valence-electron chi connectivity index (χ1n) is 8.61. The monoisotopic (exact) mass is 408 g/mol. The molecule has 2 aromatic rings. The van der Waals surface area contributed by atoms with Crippen molar-refractivity contribution in [3.8, 4) is 0 Å². The van der Waals surface area contributed by atoms with Crippen LogP contribution >= 0.6 is 11.6 Å². The second kappa shape index (κ2) is 8.42. The molecule has 0 aliphatic rings. The molecule has 1 N–H and O–H groups in total. The summed E-state index contributed by atoms with van der Waals surface area (Å²) < 4.78 is 27.0. The van der Waals surface area contributed by atoms with Crippen LogP contribution in [0.4, 0.5) is 0 Å². The molecule has 0 aliphatic heterocycles. The molecule has 1 unspecified atom stereocenters. The molecule has 2 aromatic carbocycles. The van der Waals surface area contributed by atoms with Crippen LogP contribution in [0.5, 0.6) is 0 Å². The van der Waals surface area contributed by atoms with Crippen molar-refractivity contribution in [2.75, 3.05) is 13.6 Å². The van der Waals surface area contributed by atoms with Gasteiger partial charge in [-0.1, -0.05) is 41.4 Å². The maximum Gasteiger partial charge on any atom is 0.243 e.